The molecule has 26 heavy (non-hydrogen) atoms. The van der Waals surface area contributed by atoms with Gasteiger partial charge in [-0.15, -0.1) is 0 Å². The molecule has 0 radical (unpaired) electrons. The summed E-state index contributed by atoms with van der Waals surface area (Å²) in [4.78, 5) is 18.5. The SMILES string of the molecule is CNC(=O)c1cc(C(C)N2CCC(Cc3cc(C)nc(OC)c3)C2)[nH]n1. The Morgan fingerprint density at radius 2 is 2.27 bits per heavy atom. The first-order valence-electron chi connectivity index (χ1n) is 9.03. The lowest BCUT2D eigenvalue weighted by Crippen LogP contribution is -2.25. The molecule has 0 aliphatic carbocycles. The Kier molecular flexibility index (Phi) is 5.56. The summed E-state index contributed by atoms with van der Waals surface area (Å²) >= 11 is 0. The molecule has 7 heteroatoms. The molecule has 0 bridgehead atoms. The van der Waals surface area contributed by atoms with Crippen molar-refractivity contribution < 1.29 is 9.53 Å². The summed E-state index contributed by atoms with van der Waals surface area (Å²) in [6, 6.07) is 6.22. The number of rotatable bonds is 6. The number of methoxy groups -OCH3 is 1. The van der Waals surface area contributed by atoms with Gasteiger partial charge in [-0.25, -0.2) is 4.98 Å². The van der Waals surface area contributed by atoms with Crippen LogP contribution in [0.2, 0.25) is 0 Å². The van der Waals surface area contributed by atoms with E-state index in [-0.39, 0.29) is 11.9 Å². The molecule has 2 unspecified atom stereocenters. The van der Waals surface area contributed by atoms with Gasteiger partial charge in [0.25, 0.3) is 5.91 Å². The molecule has 1 aliphatic heterocycles. The van der Waals surface area contributed by atoms with E-state index >= 15 is 0 Å². The number of aromatic amines is 1. The maximum Gasteiger partial charge on any atom is 0.271 e. The van der Waals surface area contributed by atoms with Crippen LogP contribution in [0.15, 0.2) is 18.2 Å². The quantitative estimate of drug-likeness (QED) is 0.827. The van der Waals surface area contributed by atoms with E-state index in [1.165, 1.54) is 5.56 Å². The number of likely N-dealkylation sites (tertiary alicyclic amines) is 1. The van der Waals surface area contributed by atoms with E-state index in [1.54, 1.807) is 14.2 Å². The standard InChI is InChI=1S/C19H27N5O2/c1-12-7-15(9-18(21-12)26-4)8-14-5-6-24(11-14)13(2)16-10-17(23-22-16)19(25)20-3/h7,9-10,13-14H,5-6,8,11H2,1-4H3,(H,20,25)(H,22,23). The zero-order chi connectivity index (χ0) is 18.7. The second kappa shape index (κ2) is 7.86. The molecule has 1 amide bonds. The fourth-order valence-corrected chi connectivity index (χ4v) is 3.64. The smallest absolute Gasteiger partial charge is 0.271 e. The van der Waals surface area contributed by atoms with Crippen molar-refractivity contribution in [2.75, 3.05) is 27.2 Å². The number of nitrogens with zero attached hydrogens (tertiary/aromatic N) is 3. The van der Waals surface area contributed by atoms with E-state index in [2.05, 4.69) is 38.4 Å². The van der Waals surface area contributed by atoms with Gasteiger partial charge in [-0.2, -0.15) is 5.10 Å². The molecule has 1 fully saturated rings. The van der Waals surface area contributed by atoms with Gasteiger partial charge in [-0.05, 0) is 56.8 Å². The topological polar surface area (TPSA) is 83.1 Å². The van der Waals surface area contributed by atoms with E-state index < -0.39 is 0 Å². The third kappa shape index (κ3) is 4.04. The maximum atomic E-state index is 11.7. The fraction of sp³-hybridized carbons (Fsp3) is 0.526. The number of hydrogen-bond donors (Lipinski definition) is 2. The Bertz CT molecular complexity index is 773. The number of carbonyl (C=O) groups excluding carboxylic acids is 1. The largest absolute Gasteiger partial charge is 0.481 e. The van der Waals surface area contributed by atoms with E-state index in [0.717, 1.165) is 37.3 Å². The van der Waals surface area contributed by atoms with Gasteiger partial charge in [0.05, 0.1) is 12.8 Å². The first kappa shape index (κ1) is 18.4. The minimum Gasteiger partial charge on any atom is -0.481 e. The van der Waals surface area contributed by atoms with Crippen LogP contribution in [0.5, 0.6) is 5.88 Å². The highest BCUT2D eigenvalue weighted by molar-refractivity contribution is 5.92. The average molecular weight is 357 g/mol. The van der Waals surface area contributed by atoms with Crippen molar-refractivity contribution in [1.82, 2.24) is 25.4 Å². The minimum absolute atomic E-state index is 0.166. The summed E-state index contributed by atoms with van der Waals surface area (Å²) in [5.74, 6) is 1.12. The average Bonchev–Trinajstić information content (AvgIpc) is 3.29. The summed E-state index contributed by atoms with van der Waals surface area (Å²) in [6.45, 7) is 6.22. The third-order valence-corrected chi connectivity index (χ3v) is 5.10. The van der Waals surface area contributed by atoms with Crippen molar-refractivity contribution in [3.05, 3.63) is 40.8 Å². The van der Waals surface area contributed by atoms with Crippen LogP contribution < -0.4 is 10.1 Å². The maximum absolute atomic E-state index is 11.7. The van der Waals surface area contributed by atoms with Crippen molar-refractivity contribution in [3.8, 4) is 5.88 Å². The van der Waals surface area contributed by atoms with Crippen LogP contribution in [0.3, 0.4) is 0 Å². The molecule has 2 aromatic heterocycles. The van der Waals surface area contributed by atoms with Crippen LogP contribution in [0.4, 0.5) is 0 Å². The van der Waals surface area contributed by atoms with Gasteiger partial charge < -0.3 is 10.1 Å². The monoisotopic (exact) mass is 357 g/mol. The van der Waals surface area contributed by atoms with Crippen molar-refractivity contribution >= 4 is 5.91 Å². The third-order valence-electron chi connectivity index (χ3n) is 5.10. The van der Waals surface area contributed by atoms with E-state index in [4.69, 9.17) is 4.74 Å². The molecule has 0 saturated carbocycles. The van der Waals surface area contributed by atoms with Gasteiger partial charge >= 0.3 is 0 Å². The van der Waals surface area contributed by atoms with Crippen LogP contribution in [0.1, 0.15) is 46.8 Å². The molecular weight excluding hydrogens is 330 g/mol. The number of carbonyl (C=O) groups is 1. The first-order valence-corrected chi connectivity index (χ1v) is 9.03. The summed E-state index contributed by atoms with van der Waals surface area (Å²) in [6.07, 6.45) is 2.18. The number of aromatic nitrogens is 3. The second-order valence-corrected chi connectivity index (χ2v) is 6.98. The van der Waals surface area contributed by atoms with E-state index in [1.807, 2.05) is 19.1 Å². The predicted molar refractivity (Wildman–Crippen MR) is 99.3 cm³/mol. The molecule has 7 nitrogen and oxygen atoms in total. The lowest BCUT2D eigenvalue weighted by Gasteiger charge is -2.23. The van der Waals surface area contributed by atoms with E-state index in [9.17, 15) is 4.79 Å². The van der Waals surface area contributed by atoms with Crippen molar-refractivity contribution in [2.24, 2.45) is 5.92 Å². The van der Waals surface area contributed by atoms with Crippen LogP contribution >= 0.6 is 0 Å². The number of ether oxygens (including phenoxy) is 1. The van der Waals surface area contributed by atoms with Crippen LogP contribution in [-0.2, 0) is 6.42 Å². The van der Waals surface area contributed by atoms with E-state index in [0.29, 0.717) is 17.5 Å². The molecule has 0 aromatic carbocycles. The molecule has 1 aliphatic rings. The zero-order valence-electron chi connectivity index (χ0n) is 15.9. The molecule has 140 valence electrons. The van der Waals surface area contributed by atoms with Gasteiger partial charge in [0.1, 0.15) is 5.69 Å². The van der Waals surface area contributed by atoms with Gasteiger partial charge in [-0.1, -0.05) is 0 Å². The molecule has 3 rings (SSSR count). The Morgan fingerprint density at radius 3 is 3.00 bits per heavy atom. The van der Waals surface area contributed by atoms with Crippen molar-refractivity contribution in [3.63, 3.8) is 0 Å². The van der Waals surface area contributed by atoms with Crippen LogP contribution in [-0.4, -0.2) is 53.2 Å². The van der Waals surface area contributed by atoms with Gasteiger partial charge in [0.15, 0.2) is 0 Å². The Labute approximate surface area is 154 Å². The molecule has 0 spiro atoms. The predicted octanol–water partition coefficient (Wildman–Crippen LogP) is 2.11. The summed E-state index contributed by atoms with van der Waals surface area (Å²) in [5, 5.41) is 9.72. The highest BCUT2D eigenvalue weighted by atomic mass is 16.5. The normalized spacial score (nSPS) is 18.7. The molecule has 1 saturated heterocycles. The zero-order valence-corrected chi connectivity index (χ0v) is 15.9. The Hall–Kier alpha value is -2.41. The summed E-state index contributed by atoms with van der Waals surface area (Å²) in [7, 11) is 3.27. The minimum atomic E-state index is -0.166. The highest BCUT2D eigenvalue weighted by Gasteiger charge is 2.28. The number of aryl methyl sites for hydroxylation is 1. The lowest BCUT2D eigenvalue weighted by atomic mass is 9.99. The number of nitrogens with one attached hydrogen (secondary N) is 2. The van der Waals surface area contributed by atoms with Crippen LogP contribution in [0.25, 0.3) is 0 Å². The lowest BCUT2D eigenvalue weighted by molar-refractivity contribution is 0.0958. The highest BCUT2D eigenvalue weighted by Crippen LogP contribution is 2.29. The van der Waals surface area contributed by atoms with Gasteiger partial charge in [-0.3, -0.25) is 14.8 Å². The second-order valence-electron chi connectivity index (χ2n) is 6.98. The number of pyridine rings is 1. The summed E-state index contributed by atoms with van der Waals surface area (Å²) in [5.41, 5.74) is 3.68. The van der Waals surface area contributed by atoms with Crippen molar-refractivity contribution in [2.45, 2.75) is 32.7 Å². The first-order chi connectivity index (χ1) is 12.5. The van der Waals surface area contributed by atoms with Gasteiger partial charge in [0, 0.05) is 31.4 Å². The fourth-order valence-electron chi connectivity index (χ4n) is 3.64. The molecule has 3 heterocycles. The summed E-state index contributed by atoms with van der Waals surface area (Å²) < 4.78 is 5.28. The van der Waals surface area contributed by atoms with Crippen LogP contribution in [0, 0.1) is 12.8 Å². The Morgan fingerprint density at radius 1 is 1.46 bits per heavy atom. The Balaban J connectivity index is 1.62. The molecule has 2 N–H and O–H groups in total. The molecule has 2 aromatic rings. The van der Waals surface area contributed by atoms with Gasteiger partial charge in [0.2, 0.25) is 5.88 Å². The number of amides is 1. The molecule has 2 atom stereocenters. The van der Waals surface area contributed by atoms with Crippen molar-refractivity contribution in [1.29, 1.82) is 0 Å². The molecular formula is C19H27N5O2. The number of hydrogen-bond acceptors (Lipinski definition) is 5. The number of H-pyrrole nitrogens is 1.